The van der Waals surface area contributed by atoms with Crippen LogP contribution >= 0.6 is 0 Å². The van der Waals surface area contributed by atoms with Crippen molar-refractivity contribution >= 4 is 5.91 Å². The first-order valence-electron chi connectivity index (χ1n) is 5.61. The van der Waals surface area contributed by atoms with Gasteiger partial charge in [-0.05, 0) is 17.4 Å². The van der Waals surface area contributed by atoms with Gasteiger partial charge >= 0.3 is 0 Å². The number of aryl methyl sites for hydroxylation is 1. The Morgan fingerprint density at radius 3 is 2.56 bits per heavy atom. The molecule has 1 aromatic carbocycles. The largest absolute Gasteiger partial charge is 0.347 e. The minimum Gasteiger partial charge on any atom is -0.347 e. The Balaban J connectivity index is 2.27. The summed E-state index contributed by atoms with van der Waals surface area (Å²) in [6.07, 6.45) is 0. The number of aromatic nitrogens is 4. The second-order valence-electron chi connectivity index (χ2n) is 4.31. The lowest BCUT2D eigenvalue weighted by Gasteiger charge is -2.10. The molecule has 0 N–H and O–H groups in total. The van der Waals surface area contributed by atoms with Crippen molar-refractivity contribution in [3.63, 3.8) is 0 Å². The lowest BCUT2D eigenvalue weighted by molar-refractivity contribution is -0.129. The van der Waals surface area contributed by atoms with Crippen LogP contribution in [0.1, 0.15) is 5.56 Å². The fourth-order valence-corrected chi connectivity index (χ4v) is 1.49. The first kappa shape index (κ1) is 12.2. The molecule has 0 unspecified atom stereocenters. The molecule has 1 aromatic heterocycles. The van der Waals surface area contributed by atoms with E-state index in [0.29, 0.717) is 5.82 Å². The van der Waals surface area contributed by atoms with E-state index in [1.807, 2.05) is 31.2 Å². The smallest absolute Gasteiger partial charge is 0.243 e. The number of hydrogen-bond acceptors (Lipinski definition) is 4. The average molecular weight is 245 g/mol. The third-order valence-corrected chi connectivity index (χ3v) is 2.63. The van der Waals surface area contributed by atoms with Crippen molar-refractivity contribution in [2.24, 2.45) is 0 Å². The highest BCUT2D eigenvalue weighted by molar-refractivity contribution is 5.75. The molecule has 0 saturated heterocycles. The molecule has 1 amide bonds. The van der Waals surface area contributed by atoms with Gasteiger partial charge in [0.2, 0.25) is 5.91 Å². The topological polar surface area (TPSA) is 63.9 Å². The number of carbonyl (C=O) groups excluding carboxylic acids is 1. The lowest BCUT2D eigenvalue weighted by Crippen LogP contribution is -2.27. The molecule has 0 spiro atoms. The quantitative estimate of drug-likeness (QED) is 0.800. The molecular formula is C12H15N5O. The fourth-order valence-electron chi connectivity index (χ4n) is 1.49. The maximum atomic E-state index is 11.7. The predicted octanol–water partition coefficient (Wildman–Crippen LogP) is 0.737. The van der Waals surface area contributed by atoms with E-state index < -0.39 is 0 Å². The lowest BCUT2D eigenvalue weighted by atomic mass is 10.1. The molecule has 0 aliphatic rings. The number of likely N-dealkylation sites (N-methyl/N-ethyl adjacent to an activating group) is 1. The summed E-state index contributed by atoms with van der Waals surface area (Å²) in [7, 11) is 3.41. The van der Waals surface area contributed by atoms with Crippen molar-refractivity contribution in [1.82, 2.24) is 25.1 Å². The van der Waals surface area contributed by atoms with Gasteiger partial charge in [-0.2, -0.15) is 0 Å². The Bertz CT molecular complexity index is 544. The molecule has 2 aromatic rings. The van der Waals surface area contributed by atoms with Crippen LogP contribution in [0.25, 0.3) is 11.4 Å². The van der Waals surface area contributed by atoms with Crippen LogP contribution in [0.2, 0.25) is 0 Å². The summed E-state index contributed by atoms with van der Waals surface area (Å²) in [4.78, 5) is 13.2. The molecule has 0 aliphatic carbocycles. The summed E-state index contributed by atoms with van der Waals surface area (Å²) < 4.78 is 1.51. The Morgan fingerprint density at radius 2 is 1.94 bits per heavy atom. The highest BCUT2D eigenvalue weighted by atomic mass is 16.2. The van der Waals surface area contributed by atoms with E-state index >= 15 is 0 Å². The summed E-state index contributed by atoms with van der Waals surface area (Å²) >= 11 is 0. The van der Waals surface area contributed by atoms with Crippen LogP contribution < -0.4 is 0 Å². The van der Waals surface area contributed by atoms with Crippen molar-refractivity contribution in [3.8, 4) is 11.4 Å². The van der Waals surface area contributed by atoms with E-state index in [4.69, 9.17) is 0 Å². The molecule has 0 fully saturated rings. The van der Waals surface area contributed by atoms with Crippen LogP contribution in [0.5, 0.6) is 0 Å². The molecule has 0 radical (unpaired) electrons. The molecule has 18 heavy (non-hydrogen) atoms. The van der Waals surface area contributed by atoms with Gasteiger partial charge in [-0.3, -0.25) is 4.79 Å². The standard InChI is InChI=1S/C12H15N5O/c1-9-4-6-10(7-5-9)12-13-14-15-17(12)8-11(18)16(2)3/h4-7H,8H2,1-3H3. The Morgan fingerprint density at radius 1 is 1.28 bits per heavy atom. The molecule has 1 heterocycles. The van der Waals surface area contributed by atoms with Crippen LogP contribution in [0, 0.1) is 6.92 Å². The second-order valence-corrected chi connectivity index (χ2v) is 4.31. The molecule has 94 valence electrons. The number of amides is 1. The minimum atomic E-state index is -0.0457. The fraction of sp³-hybridized carbons (Fsp3) is 0.333. The molecule has 0 aliphatic heterocycles. The van der Waals surface area contributed by atoms with Crippen molar-refractivity contribution in [1.29, 1.82) is 0 Å². The molecule has 6 nitrogen and oxygen atoms in total. The highest BCUT2D eigenvalue weighted by Crippen LogP contribution is 2.16. The zero-order valence-electron chi connectivity index (χ0n) is 10.7. The van der Waals surface area contributed by atoms with Crippen LogP contribution in [0.15, 0.2) is 24.3 Å². The summed E-state index contributed by atoms with van der Waals surface area (Å²) in [5, 5.41) is 11.4. The van der Waals surface area contributed by atoms with Crippen molar-refractivity contribution in [2.75, 3.05) is 14.1 Å². The highest BCUT2D eigenvalue weighted by Gasteiger charge is 2.13. The SMILES string of the molecule is Cc1ccc(-c2nnnn2CC(=O)N(C)C)cc1. The average Bonchev–Trinajstić information content (AvgIpc) is 2.78. The summed E-state index contributed by atoms with van der Waals surface area (Å²) in [5.41, 5.74) is 2.07. The first-order chi connectivity index (χ1) is 8.58. The van der Waals surface area contributed by atoms with Crippen LogP contribution in [0.3, 0.4) is 0 Å². The molecule has 0 bridgehead atoms. The number of nitrogens with zero attached hydrogens (tertiary/aromatic N) is 5. The maximum absolute atomic E-state index is 11.7. The summed E-state index contributed by atoms with van der Waals surface area (Å²) in [6.45, 7) is 2.16. The summed E-state index contributed by atoms with van der Waals surface area (Å²) in [5.74, 6) is 0.556. The molecule has 0 atom stereocenters. The van der Waals surface area contributed by atoms with E-state index in [1.54, 1.807) is 14.1 Å². The van der Waals surface area contributed by atoms with Gasteiger partial charge in [-0.25, -0.2) is 4.68 Å². The Kier molecular flexibility index (Phi) is 3.36. The Hall–Kier alpha value is -2.24. The molecule has 6 heteroatoms. The van der Waals surface area contributed by atoms with Gasteiger partial charge in [-0.1, -0.05) is 29.8 Å². The third kappa shape index (κ3) is 2.53. The number of benzene rings is 1. The van der Waals surface area contributed by atoms with E-state index in [-0.39, 0.29) is 12.5 Å². The van der Waals surface area contributed by atoms with Gasteiger partial charge in [0, 0.05) is 19.7 Å². The van der Waals surface area contributed by atoms with Gasteiger partial charge in [0.05, 0.1) is 0 Å². The monoisotopic (exact) mass is 245 g/mol. The zero-order valence-corrected chi connectivity index (χ0v) is 10.7. The third-order valence-electron chi connectivity index (χ3n) is 2.63. The number of hydrogen-bond donors (Lipinski definition) is 0. The second kappa shape index (κ2) is 4.95. The number of tetrazole rings is 1. The zero-order chi connectivity index (χ0) is 13.1. The van der Waals surface area contributed by atoms with E-state index in [9.17, 15) is 4.79 Å². The van der Waals surface area contributed by atoms with Gasteiger partial charge in [0.1, 0.15) is 6.54 Å². The van der Waals surface area contributed by atoms with Gasteiger partial charge in [0.25, 0.3) is 0 Å². The van der Waals surface area contributed by atoms with Crippen LogP contribution in [-0.4, -0.2) is 45.1 Å². The minimum absolute atomic E-state index is 0.0457. The van der Waals surface area contributed by atoms with Crippen molar-refractivity contribution < 1.29 is 4.79 Å². The van der Waals surface area contributed by atoms with Crippen LogP contribution in [-0.2, 0) is 11.3 Å². The Labute approximate surface area is 105 Å². The van der Waals surface area contributed by atoms with Gasteiger partial charge < -0.3 is 4.90 Å². The van der Waals surface area contributed by atoms with Gasteiger partial charge in [0.15, 0.2) is 5.82 Å². The van der Waals surface area contributed by atoms with Crippen LogP contribution in [0.4, 0.5) is 0 Å². The van der Waals surface area contributed by atoms with Crippen molar-refractivity contribution in [2.45, 2.75) is 13.5 Å². The predicted molar refractivity (Wildman–Crippen MR) is 66.7 cm³/mol. The summed E-state index contributed by atoms with van der Waals surface area (Å²) in [6, 6.07) is 7.86. The molecule has 0 saturated carbocycles. The van der Waals surface area contributed by atoms with E-state index in [2.05, 4.69) is 15.5 Å². The van der Waals surface area contributed by atoms with Gasteiger partial charge in [-0.15, -0.1) is 5.10 Å². The van der Waals surface area contributed by atoms with E-state index in [0.717, 1.165) is 5.56 Å². The van der Waals surface area contributed by atoms with E-state index in [1.165, 1.54) is 15.1 Å². The molecular weight excluding hydrogens is 230 g/mol. The normalized spacial score (nSPS) is 10.4. The molecule has 2 rings (SSSR count). The maximum Gasteiger partial charge on any atom is 0.243 e. The van der Waals surface area contributed by atoms with Crippen molar-refractivity contribution in [3.05, 3.63) is 29.8 Å². The number of rotatable bonds is 3. The first-order valence-corrected chi connectivity index (χ1v) is 5.61. The number of carbonyl (C=O) groups is 1.